The normalized spacial score (nSPS) is 10.3. The number of hydrogen-bond donors (Lipinski definition) is 1. The summed E-state index contributed by atoms with van der Waals surface area (Å²) in [5.74, 6) is -0.0770. The number of anilines is 1. The van der Waals surface area contributed by atoms with Crippen molar-refractivity contribution < 1.29 is 4.79 Å². The van der Waals surface area contributed by atoms with E-state index in [4.69, 9.17) is 23.8 Å². The van der Waals surface area contributed by atoms with Crippen LogP contribution in [0.15, 0.2) is 24.3 Å². The summed E-state index contributed by atoms with van der Waals surface area (Å²) in [7, 11) is 0. The van der Waals surface area contributed by atoms with Crippen LogP contribution in [0.1, 0.15) is 26.4 Å². The number of rotatable bonds is 4. The standard InChI is InChI=1S/C14H12ClNOS2/c1-8-9(2)19-14(16-7-18)12(8)13(17)10-5-3-4-6-11(10)15/h3-7H,1-2H3,(H,16,18). The van der Waals surface area contributed by atoms with Gasteiger partial charge in [0.05, 0.1) is 16.1 Å². The summed E-state index contributed by atoms with van der Waals surface area (Å²) in [4.78, 5) is 13.7. The van der Waals surface area contributed by atoms with Crippen LogP contribution in [-0.2, 0) is 0 Å². The Balaban J connectivity index is 2.55. The molecule has 1 heterocycles. The fourth-order valence-corrected chi connectivity index (χ4v) is 3.28. The first-order valence-electron chi connectivity index (χ1n) is 5.65. The van der Waals surface area contributed by atoms with E-state index in [-0.39, 0.29) is 5.78 Å². The average Bonchev–Trinajstić information content (AvgIpc) is 2.65. The maximum atomic E-state index is 12.6. The Morgan fingerprint density at radius 3 is 2.68 bits per heavy atom. The number of benzene rings is 1. The molecule has 2 nitrogen and oxygen atoms in total. The maximum Gasteiger partial charge on any atom is 0.197 e. The Labute approximate surface area is 126 Å². The molecule has 0 spiro atoms. The summed E-state index contributed by atoms with van der Waals surface area (Å²) >= 11 is 12.4. The second-order valence-electron chi connectivity index (χ2n) is 4.06. The van der Waals surface area contributed by atoms with Crippen molar-refractivity contribution in [3.05, 3.63) is 50.9 Å². The van der Waals surface area contributed by atoms with Gasteiger partial charge in [0.25, 0.3) is 0 Å². The van der Waals surface area contributed by atoms with Crippen LogP contribution in [0.2, 0.25) is 5.02 Å². The summed E-state index contributed by atoms with van der Waals surface area (Å²) in [6, 6.07) is 7.06. The second kappa shape index (κ2) is 5.82. The number of carbonyl (C=O) groups is 1. The molecule has 0 amide bonds. The van der Waals surface area contributed by atoms with Crippen LogP contribution in [0, 0.1) is 13.8 Å². The van der Waals surface area contributed by atoms with Crippen molar-refractivity contribution in [2.24, 2.45) is 0 Å². The highest BCUT2D eigenvalue weighted by Gasteiger charge is 2.21. The molecule has 0 saturated heterocycles. The number of hydrogen-bond acceptors (Lipinski definition) is 3. The fraction of sp³-hybridized carbons (Fsp3) is 0.143. The van der Waals surface area contributed by atoms with Gasteiger partial charge in [-0.2, -0.15) is 0 Å². The van der Waals surface area contributed by atoms with Gasteiger partial charge in [-0.15, -0.1) is 11.3 Å². The van der Waals surface area contributed by atoms with Gasteiger partial charge < -0.3 is 5.32 Å². The zero-order valence-electron chi connectivity index (χ0n) is 10.5. The minimum Gasteiger partial charge on any atom is -0.344 e. The highest BCUT2D eigenvalue weighted by Crippen LogP contribution is 2.34. The van der Waals surface area contributed by atoms with Gasteiger partial charge in [0.1, 0.15) is 5.00 Å². The molecular formula is C14H12ClNOS2. The molecule has 0 fully saturated rings. The number of carbonyl (C=O) groups excluding carboxylic acids is 1. The van der Waals surface area contributed by atoms with Crippen LogP contribution in [0.25, 0.3) is 0 Å². The highest BCUT2D eigenvalue weighted by atomic mass is 35.5. The lowest BCUT2D eigenvalue weighted by atomic mass is 10.0. The summed E-state index contributed by atoms with van der Waals surface area (Å²) in [6.07, 6.45) is 0. The summed E-state index contributed by atoms with van der Waals surface area (Å²) in [5, 5.41) is 4.19. The Morgan fingerprint density at radius 1 is 1.37 bits per heavy atom. The van der Waals surface area contributed by atoms with Crippen molar-refractivity contribution in [2.45, 2.75) is 13.8 Å². The minimum atomic E-state index is -0.0770. The predicted molar refractivity (Wildman–Crippen MR) is 86.0 cm³/mol. The van der Waals surface area contributed by atoms with E-state index in [1.807, 2.05) is 13.8 Å². The maximum absolute atomic E-state index is 12.6. The topological polar surface area (TPSA) is 29.1 Å². The third-order valence-electron chi connectivity index (χ3n) is 2.92. The molecule has 0 radical (unpaired) electrons. The van der Waals surface area contributed by atoms with Crippen molar-refractivity contribution in [3.63, 3.8) is 0 Å². The predicted octanol–water partition coefficient (Wildman–Crippen LogP) is 4.62. The van der Waals surface area contributed by atoms with Crippen molar-refractivity contribution in [1.29, 1.82) is 0 Å². The SMILES string of the molecule is Cc1sc(NC=S)c(C(=O)c2ccccc2Cl)c1C. The molecule has 0 unspecified atom stereocenters. The number of halogens is 1. The zero-order valence-corrected chi connectivity index (χ0v) is 12.9. The van der Waals surface area contributed by atoms with E-state index in [1.165, 1.54) is 16.8 Å². The summed E-state index contributed by atoms with van der Waals surface area (Å²) < 4.78 is 0. The van der Waals surface area contributed by atoms with Gasteiger partial charge in [-0.3, -0.25) is 4.79 Å². The molecule has 98 valence electrons. The Bertz CT molecular complexity index is 649. The number of nitrogens with one attached hydrogen (secondary N) is 1. The van der Waals surface area contributed by atoms with Crippen LogP contribution in [0.4, 0.5) is 5.00 Å². The average molecular weight is 310 g/mol. The molecule has 5 heteroatoms. The molecule has 1 N–H and O–H groups in total. The lowest BCUT2D eigenvalue weighted by molar-refractivity contribution is 0.103. The minimum absolute atomic E-state index is 0.0770. The quantitative estimate of drug-likeness (QED) is 0.660. The number of thiophene rings is 1. The van der Waals surface area contributed by atoms with E-state index in [2.05, 4.69) is 5.32 Å². The molecular weight excluding hydrogens is 298 g/mol. The van der Waals surface area contributed by atoms with Gasteiger partial charge in [0.2, 0.25) is 0 Å². The van der Waals surface area contributed by atoms with Crippen molar-refractivity contribution >= 4 is 51.4 Å². The Hall–Kier alpha value is -1.23. The molecule has 0 aliphatic heterocycles. The van der Waals surface area contributed by atoms with Crippen molar-refractivity contribution in [1.82, 2.24) is 0 Å². The molecule has 1 aromatic heterocycles. The van der Waals surface area contributed by atoms with E-state index < -0.39 is 0 Å². The molecule has 0 saturated carbocycles. The lowest BCUT2D eigenvalue weighted by Crippen LogP contribution is -2.06. The first-order valence-corrected chi connectivity index (χ1v) is 7.32. The molecule has 19 heavy (non-hydrogen) atoms. The first kappa shape index (κ1) is 14.2. The van der Waals surface area contributed by atoms with E-state index in [0.29, 0.717) is 16.1 Å². The number of aryl methyl sites for hydroxylation is 1. The molecule has 0 bridgehead atoms. The third-order valence-corrected chi connectivity index (χ3v) is 4.51. The van der Waals surface area contributed by atoms with Crippen molar-refractivity contribution in [2.75, 3.05) is 5.32 Å². The smallest absolute Gasteiger partial charge is 0.197 e. The van der Waals surface area contributed by atoms with E-state index in [9.17, 15) is 4.79 Å². The van der Waals surface area contributed by atoms with Gasteiger partial charge in [-0.05, 0) is 31.5 Å². The van der Waals surface area contributed by atoms with Crippen LogP contribution in [0.3, 0.4) is 0 Å². The van der Waals surface area contributed by atoms with Gasteiger partial charge in [0, 0.05) is 10.4 Å². The monoisotopic (exact) mass is 309 g/mol. The Kier molecular flexibility index (Phi) is 4.34. The van der Waals surface area contributed by atoms with Crippen molar-refractivity contribution in [3.8, 4) is 0 Å². The van der Waals surface area contributed by atoms with Crippen LogP contribution in [0.5, 0.6) is 0 Å². The second-order valence-corrected chi connectivity index (χ2v) is 5.93. The first-order chi connectivity index (χ1) is 9.06. The molecule has 0 atom stereocenters. The highest BCUT2D eigenvalue weighted by molar-refractivity contribution is 7.79. The van der Waals surface area contributed by atoms with Gasteiger partial charge in [0.15, 0.2) is 5.78 Å². The van der Waals surface area contributed by atoms with Gasteiger partial charge >= 0.3 is 0 Å². The summed E-state index contributed by atoms with van der Waals surface area (Å²) in [5.41, 5.74) is 3.54. The van der Waals surface area contributed by atoms with E-state index in [1.54, 1.807) is 24.3 Å². The van der Waals surface area contributed by atoms with Crippen LogP contribution >= 0.6 is 35.2 Å². The van der Waals surface area contributed by atoms with Crippen LogP contribution in [-0.4, -0.2) is 11.3 Å². The molecule has 1 aromatic carbocycles. The number of ketones is 1. The third kappa shape index (κ3) is 2.71. The van der Waals surface area contributed by atoms with Crippen LogP contribution < -0.4 is 5.32 Å². The van der Waals surface area contributed by atoms with E-state index >= 15 is 0 Å². The molecule has 0 aliphatic carbocycles. The van der Waals surface area contributed by atoms with Gasteiger partial charge in [-0.1, -0.05) is 36.0 Å². The lowest BCUT2D eigenvalue weighted by Gasteiger charge is -2.06. The molecule has 2 aromatic rings. The Morgan fingerprint density at radius 2 is 2.05 bits per heavy atom. The van der Waals surface area contributed by atoms with E-state index in [0.717, 1.165) is 15.4 Å². The summed E-state index contributed by atoms with van der Waals surface area (Å²) in [6.45, 7) is 3.92. The molecule has 2 rings (SSSR count). The number of thiocarbonyl (C=S) groups is 1. The van der Waals surface area contributed by atoms with Gasteiger partial charge in [-0.25, -0.2) is 0 Å². The zero-order chi connectivity index (χ0) is 14.0. The molecule has 0 aliphatic rings. The largest absolute Gasteiger partial charge is 0.344 e. The fourth-order valence-electron chi connectivity index (χ4n) is 1.84.